The zero-order chi connectivity index (χ0) is 9.35. The third kappa shape index (κ3) is 1.46. The highest BCUT2D eigenvalue weighted by atomic mass is 79.9. The van der Waals surface area contributed by atoms with Gasteiger partial charge in [-0.25, -0.2) is 9.69 Å². The van der Waals surface area contributed by atoms with Crippen LogP contribution in [0.3, 0.4) is 0 Å². The van der Waals surface area contributed by atoms with Crippen molar-refractivity contribution in [1.29, 1.82) is 0 Å². The largest absolute Gasteiger partial charge is 0.447 e. The predicted octanol–water partition coefficient (Wildman–Crippen LogP) is 1.14. The minimum absolute atomic E-state index is 0.144. The fraction of sp³-hybridized carbons (Fsp3) is 0.714. The van der Waals surface area contributed by atoms with Gasteiger partial charge in [-0.15, -0.1) is 0 Å². The maximum atomic E-state index is 11.2. The summed E-state index contributed by atoms with van der Waals surface area (Å²) < 4.78 is 4.75. The van der Waals surface area contributed by atoms with Crippen LogP contribution in [0.4, 0.5) is 4.79 Å². The average Bonchev–Trinajstić information content (AvgIpc) is 2.25. The number of alkyl halides is 1. The number of imide groups is 1. The zero-order valence-corrected chi connectivity index (χ0v) is 8.55. The first kappa shape index (κ1) is 9.51. The normalized spacial score (nSPS) is 20.9. The molecule has 0 aromatic heterocycles. The molecular weight excluding hydrogens is 226 g/mol. The topological polar surface area (TPSA) is 46.6 Å². The molecule has 4 nitrogen and oxygen atoms in total. The molecule has 1 rings (SSSR count). The van der Waals surface area contributed by atoms with E-state index in [1.54, 1.807) is 13.8 Å². The summed E-state index contributed by atoms with van der Waals surface area (Å²) >= 11 is 3.00. The van der Waals surface area contributed by atoms with E-state index in [1.165, 1.54) is 0 Å². The number of halogens is 1. The minimum Gasteiger partial charge on any atom is -0.447 e. The highest BCUT2D eigenvalue weighted by molar-refractivity contribution is 9.09. The lowest BCUT2D eigenvalue weighted by Crippen LogP contribution is -2.46. The quantitative estimate of drug-likeness (QED) is 0.641. The molecule has 2 amide bonds. The number of rotatable bonds is 1. The van der Waals surface area contributed by atoms with Crippen LogP contribution in [0.2, 0.25) is 0 Å². The number of carbonyl (C=O) groups is 2. The lowest BCUT2D eigenvalue weighted by atomic mass is 10.1. The summed E-state index contributed by atoms with van der Waals surface area (Å²) in [5.74, 6) is -0.262. The van der Waals surface area contributed by atoms with Crippen LogP contribution in [0.25, 0.3) is 0 Å². The number of cyclic esters (lactones) is 1. The van der Waals surface area contributed by atoms with Crippen LogP contribution in [0.5, 0.6) is 0 Å². The van der Waals surface area contributed by atoms with Gasteiger partial charge in [0, 0.05) is 0 Å². The van der Waals surface area contributed by atoms with E-state index in [4.69, 9.17) is 4.74 Å². The van der Waals surface area contributed by atoms with Gasteiger partial charge in [-0.05, 0) is 13.8 Å². The molecule has 1 aliphatic heterocycles. The van der Waals surface area contributed by atoms with Crippen LogP contribution in [0.15, 0.2) is 0 Å². The number of ether oxygens (including phenoxy) is 1. The van der Waals surface area contributed by atoms with Gasteiger partial charge in [0.15, 0.2) is 0 Å². The van der Waals surface area contributed by atoms with Crippen molar-refractivity contribution in [1.82, 2.24) is 4.90 Å². The molecule has 68 valence electrons. The maximum absolute atomic E-state index is 11.2. The minimum atomic E-state index is -0.551. The molecular formula is C7H10BrNO3. The zero-order valence-electron chi connectivity index (χ0n) is 6.96. The van der Waals surface area contributed by atoms with E-state index in [9.17, 15) is 9.59 Å². The molecule has 0 aliphatic carbocycles. The first-order valence-electron chi connectivity index (χ1n) is 3.55. The molecule has 0 N–H and O–H groups in total. The summed E-state index contributed by atoms with van der Waals surface area (Å²) in [5, 5.41) is 0.144. The second-order valence-corrected chi connectivity index (χ2v) is 3.79. The van der Waals surface area contributed by atoms with Gasteiger partial charge in [-0.1, -0.05) is 15.9 Å². The molecule has 0 bridgehead atoms. The van der Waals surface area contributed by atoms with Gasteiger partial charge in [0.2, 0.25) is 5.91 Å². The van der Waals surface area contributed by atoms with Gasteiger partial charge >= 0.3 is 6.09 Å². The smallest absolute Gasteiger partial charge is 0.417 e. The third-order valence-corrected chi connectivity index (χ3v) is 2.18. The Morgan fingerprint density at radius 3 is 2.67 bits per heavy atom. The molecule has 5 heteroatoms. The second-order valence-electron chi connectivity index (χ2n) is 3.23. The van der Waals surface area contributed by atoms with E-state index in [1.807, 2.05) is 0 Å². The molecule has 0 saturated carbocycles. The standard InChI is InChI=1S/C7H10BrNO3/c1-7(2)4-12-6(11)9(7)5(10)3-8/h3-4H2,1-2H3. The van der Waals surface area contributed by atoms with E-state index >= 15 is 0 Å². The lowest BCUT2D eigenvalue weighted by molar-refractivity contribution is -0.127. The maximum Gasteiger partial charge on any atom is 0.417 e. The Bertz CT molecular complexity index is 227. The Kier molecular flexibility index (Phi) is 2.41. The van der Waals surface area contributed by atoms with Gasteiger partial charge in [0.25, 0.3) is 0 Å². The summed E-state index contributed by atoms with van der Waals surface area (Å²) in [6, 6.07) is 0. The molecule has 0 spiro atoms. The van der Waals surface area contributed by atoms with Crippen molar-refractivity contribution in [3.05, 3.63) is 0 Å². The number of nitrogens with zero attached hydrogens (tertiary/aromatic N) is 1. The fourth-order valence-corrected chi connectivity index (χ4v) is 1.36. The molecule has 1 heterocycles. The van der Waals surface area contributed by atoms with E-state index in [0.29, 0.717) is 0 Å². The number of carbonyl (C=O) groups excluding carboxylic acids is 2. The van der Waals surface area contributed by atoms with Crippen molar-refractivity contribution in [2.45, 2.75) is 19.4 Å². The SMILES string of the molecule is CC1(C)COC(=O)N1C(=O)CBr. The Labute approximate surface area is 79.0 Å². The molecule has 0 unspecified atom stereocenters. The Morgan fingerprint density at radius 2 is 2.33 bits per heavy atom. The van der Waals surface area contributed by atoms with Crippen molar-refractivity contribution in [2.24, 2.45) is 0 Å². The van der Waals surface area contributed by atoms with Crippen LogP contribution in [-0.2, 0) is 9.53 Å². The molecule has 1 fully saturated rings. The summed E-state index contributed by atoms with van der Waals surface area (Å²) in [5.41, 5.74) is -0.512. The average molecular weight is 236 g/mol. The monoisotopic (exact) mass is 235 g/mol. The van der Waals surface area contributed by atoms with E-state index in [-0.39, 0.29) is 17.8 Å². The molecule has 0 atom stereocenters. The molecule has 1 saturated heterocycles. The highest BCUT2D eigenvalue weighted by Crippen LogP contribution is 2.23. The predicted molar refractivity (Wildman–Crippen MR) is 46.1 cm³/mol. The molecule has 0 aromatic carbocycles. The van der Waals surface area contributed by atoms with E-state index in [2.05, 4.69) is 15.9 Å². The Balaban J connectivity index is 2.85. The van der Waals surface area contributed by atoms with E-state index in [0.717, 1.165) is 4.90 Å². The Morgan fingerprint density at radius 1 is 1.75 bits per heavy atom. The van der Waals surface area contributed by atoms with Gasteiger partial charge in [-0.2, -0.15) is 0 Å². The first-order chi connectivity index (χ1) is 5.49. The van der Waals surface area contributed by atoms with Gasteiger partial charge in [-0.3, -0.25) is 4.79 Å². The third-order valence-electron chi connectivity index (χ3n) is 1.70. The van der Waals surface area contributed by atoms with Crippen molar-refractivity contribution >= 4 is 27.9 Å². The van der Waals surface area contributed by atoms with E-state index < -0.39 is 11.6 Å². The van der Waals surface area contributed by atoms with Crippen LogP contribution in [-0.4, -0.2) is 34.4 Å². The molecule has 1 aliphatic rings. The first-order valence-corrected chi connectivity index (χ1v) is 4.67. The summed E-state index contributed by atoms with van der Waals surface area (Å²) in [7, 11) is 0. The summed E-state index contributed by atoms with van der Waals surface area (Å²) in [6.45, 7) is 3.85. The van der Waals surface area contributed by atoms with Gasteiger partial charge < -0.3 is 4.74 Å². The van der Waals surface area contributed by atoms with Crippen LogP contribution in [0.1, 0.15) is 13.8 Å². The van der Waals surface area contributed by atoms with Crippen molar-refractivity contribution < 1.29 is 14.3 Å². The highest BCUT2D eigenvalue weighted by Gasteiger charge is 2.43. The van der Waals surface area contributed by atoms with Gasteiger partial charge in [0.05, 0.1) is 10.9 Å². The summed E-state index contributed by atoms with van der Waals surface area (Å²) in [6.07, 6.45) is -0.551. The van der Waals surface area contributed by atoms with Crippen molar-refractivity contribution in [3.8, 4) is 0 Å². The van der Waals surface area contributed by atoms with Crippen LogP contribution in [0, 0.1) is 0 Å². The number of hydrogen-bond acceptors (Lipinski definition) is 3. The molecule has 0 aromatic rings. The van der Waals surface area contributed by atoms with Crippen molar-refractivity contribution in [2.75, 3.05) is 11.9 Å². The lowest BCUT2D eigenvalue weighted by Gasteiger charge is -2.24. The van der Waals surface area contributed by atoms with Gasteiger partial charge in [0.1, 0.15) is 6.61 Å². The molecule has 12 heavy (non-hydrogen) atoms. The Hall–Kier alpha value is -0.580. The van der Waals surface area contributed by atoms with Crippen LogP contribution >= 0.6 is 15.9 Å². The second kappa shape index (κ2) is 3.05. The summed E-state index contributed by atoms with van der Waals surface area (Å²) in [4.78, 5) is 23.4. The van der Waals surface area contributed by atoms with Crippen LogP contribution < -0.4 is 0 Å². The molecule has 0 radical (unpaired) electrons. The fourth-order valence-electron chi connectivity index (χ4n) is 1.11. The number of amides is 2. The number of hydrogen-bond donors (Lipinski definition) is 0. The van der Waals surface area contributed by atoms with Crippen molar-refractivity contribution in [3.63, 3.8) is 0 Å².